The number of methoxy groups -OCH3 is 1. The van der Waals surface area contributed by atoms with E-state index in [0.717, 1.165) is 37.2 Å². The van der Waals surface area contributed by atoms with E-state index in [0.29, 0.717) is 24.2 Å². The molecule has 2 atom stereocenters. The van der Waals surface area contributed by atoms with Crippen molar-refractivity contribution in [2.45, 2.75) is 56.5 Å². The first kappa shape index (κ1) is 21.3. The lowest BCUT2D eigenvalue weighted by Crippen LogP contribution is -2.49. The maximum atomic E-state index is 13.0. The molecule has 3 N–H and O–H groups in total. The number of benzene rings is 1. The van der Waals surface area contributed by atoms with Gasteiger partial charge in [-0.2, -0.15) is 0 Å². The summed E-state index contributed by atoms with van der Waals surface area (Å²) in [5.41, 5.74) is 6.56. The molecule has 0 heterocycles. The molecule has 4 fully saturated rings. The van der Waals surface area contributed by atoms with Gasteiger partial charge in [-0.25, -0.2) is 4.39 Å². The van der Waals surface area contributed by atoms with E-state index in [1.807, 2.05) is 24.3 Å². The Morgan fingerprint density at radius 1 is 1.23 bits per heavy atom. The van der Waals surface area contributed by atoms with Crippen LogP contribution in [0.1, 0.15) is 56.4 Å². The number of nitrogens with two attached hydrogens (primary N) is 1. The molecular formula is C24H33FN2O3. The predicted molar refractivity (Wildman–Crippen MR) is 114 cm³/mol. The molecule has 4 saturated carbocycles. The van der Waals surface area contributed by atoms with Gasteiger partial charge in [0.2, 0.25) is 5.91 Å². The summed E-state index contributed by atoms with van der Waals surface area (Å²) in [6.45, 7) is 0.838. The summed E-state index contributed by atoms with van der Waals surface area (Å²) in [6, 6.07) is 7.81. The minimum Gasteiger partial charge on any atom is -0.489 e. The molecule has 5 rings (SSSR count). The van der Waals surface area contributed by atoms with E-state index in [4.69, 9.17) is 15.2 Å². The second kappa shape index (κ2) is 8.67. The molecule has 4 aliphatic rings. The van der Waals surface area contributed by atoms with Crippen LogP contribution in [0.5, 0.6) is 5.75 Å². The molecule has 0 aliphatic heterocycles. The summed E-state index contributed by atoms with van der Waals surface area (Å²) in [5, 5.41) is 3.24. The van der Waals surface area contributed by atoms with Crippen molar-refractivity contribution in [3.8, 4) is 5.75 Å². The topological polar surface area (TPSA) is 73.6 Å². The Bertz CT molecular complexity index is 772. The molecule has 1 amide bonds. The first-order chi connectivity index (χ1) is 14.5. The number of nitrogens with one attached hydrogen (secondary N) is 1. The average Bonchev–Trinajstić information content (AvgIpc) is 3.55. The van der Waals surface area contributed by atoms with Gasteiger partial charge in [-0.05, 0) is 68.6 Å². The van der Waals surface area contributed by atoms with Crippen molar-refractivity contribution in [2.75, 3.05) is 26.8 Å². The number of fused-ring (bicyclic) bond motifs is 3. The lowest BCUT2D eigenvalue weighted by molar-refractivity contribution is -0.137. The lowest BCUT2D eigenvalue weighted by atomic mass is 9.60. The molecule has 1 aromatic rings. The van der Waals surface area contributed by atoms with Gasteiger partial charge in [-0.3, -0.25) is 4.79 Å². The van der Waals surface area contributed by atoms with Gasteiger partial charge in [0.05, 0.1) is 11.9 Å². The lowest BCUT2D eigenvalue weighted by Gasteiger charge is -2.45. The van der Waals surface area contributed by atoms with Crippen LogP contribution in [0.3, 0.4) is 0 Å². The molecule has 0 aromatic heterocycles. The second-order valence-electron chi connectivity index (χ2n) is 9.30. The van der Waals surface area contributed by atoms with E-state index >= 15 is 0 Å². The summed E-state index contributed by atoms with van der Waals surface area (Å²) >= 11 is 0. The Kier molecular flexibility index (Phi) is 6.16. The summed E-state index contributed by atoms with van der Waals surface area (Å²) in [7, 11) is 1.73. The van der Waals surface area contributed by atoms with Crippen LogP contribution in [0.2, 0.25) is 0 Å². The van der Waals surface area contributed by atoms with E-state index < -0.39 is 0 Å². The third-order valence-electron chi connectivity index (χ3n) is 7.68. The maximum absolute atomic E-state index is 13.0. The van der Waals surface area contributed by atoms with Crippen molar-refractivity contribution >= 4 is 5.91 Å². The Morgan fingerprint density at radius 2 is 1.90 bits per heavy atom. The van der Waals surface area contributed by atoms with Crippen LogP contribution >= 0.6 is 0 Å². The molecule has 164 valence electrons. The minimum atomic E-state index is -0.329. The highest BCUT2D eigenvalue weighted by Gasteiger charge is 2.56. The monoisotopic (exact) mass is 416 g/mol. The Hall–Kier alpha value is -1.92. The highest BCUT2D eigenvalue weighted by Crippen LogP contribution is 2.54. The normalized spacial score (nSPS) is 32.7. The molecule has 1 aromatic carbocycles. The van der Waals surface area contributed by atoms with E-state index in [1.54, 1.807) is 7.11 Å². The number of rotatable bonds is 9. The second-order valence-corrected chi connectivity index (χ2v) is 9.30. The molecule has 0 radical (unpaired) electrons. The zero-order valence-corrected chi connectivity index (χ0v) is 17.8. The zero-order chi connectivity index (χ0) is 21.2. The Morgan fingerprint density at radius 3 is 2.47 bits per heavy atom. The molecule has 0 saturated heterocycles. The number of carbonyl (C=O) groups excluding carboxylic acids is 1. The van der Waals surface area contributed by atoms with Crippen LogP contribution in [0.25, 0.3) is 0 Å². The highest BCUT2D eigenvalue weighted by molar-refractivity contribution is 5.83. The van der Waals surface area contributed by atoms with Gasteiger partial charge in [0.1, 0.15) is 12.4 Å². The van der Waals surface area contributed by atoms with E-state index in [9.17, 15) is 9.18 Å². The number of amides is 1. The fraction of sp³-hybridized carbons (Fsp3) is 0.625. The molecular weight excluding hydrogens is 383 g/mol. The number of hydrogen-bond acceptors (Lipinski definition) is 4. The molecule has 5 nitrogen and oxygen atoms in total. The van der Waals surface area contributed by atoms with Crippen LogP contribution in [0, 0.1) is 11.3 Å². The zero-order valence-electron chi connectivity index (χ0n) is 17.8. The summed E-state index contributed by atoms with van der Waals surface area (Å²) < 4.78 is 24.0. The summed E-state index contributed by atoms with van der Waals surface area (Å²) in [4.78, 5) is 13.0. The average molecular weight is 417 g/mol. The van der Waals surface area contributed by atoms with Crippen LogP contribution in [0.15, 0.2) is 36.2 Å². The highest BCUT2D eigenvalue weighted by atomic mass is 19.1. The van der Waals surface area contributed by atoms with Crippen LogP contribution < -0.4 is 15.8 Å². The van der Waals surface area contributed by atoms with E-state index in [-0.39, 0.29) is 36.0 Å². The van der Waals surface area contributed by atoms with Crippen molar-refractivity contribution in [3.63, 3.8) is 0 Å². The van der Waals surface area contributed by atoms with Crippen LogP contribution in [-0.2, 0) is 9.53 Å². The van der Waals surface area contributed by atoms with E-state index in [2.05, 4.69) is 5.32 Å². The number of hydrogen-bond donors (Lipinski definition) is 2. The van der Waals surface area contributed by atoms with Crippen molar-refractivity contribution < 1.29 is 18.7 Å². The van der Waals surface area contributed by atoms with Gasteiger partial charge >= 0.3 is 0 Å². The predicted octanol–water partition coefficient (Wildman–Crippen LogP) is 3.84. The van der Waals surface area contributed by atoms with Crippen molar-refractivity contribution in [1.82, 2.24) is 5.32 Å². The third kappa shape index (κ3) is 4.12. The van der Waals surface area contributed by atoms with Crippen LogP contribution in [-0.4, -0.2) is 38.3 Å². The summed E-state index contributed by atoms with van der Waals surface area (Å²) in [5.74, 6) is 2.00. The SMILES string of the molecule is COC1(CNC(=O)C23CCC(CC2)CC3)CC1c1ccc(OC/C(=C/F)CN)cc1. The molecule has 30 heavy (non-hydrogen) atoms. The van der Waals surface area contributed by atoms with E-state index in [1.165, 1.54) is 19.3 Å². The number of carbonyl (C=O) groups is 1. The fourth-order valence-electron chi connectivity index (χ4n) is 5.32. The summed E-state index contributed by atoms with van der Waals surface area (Å²) in [6.07, 6.45) is 8.11. The first-order valence-electron chi connectivity index (χ1n) is 11.1. The Balaban J connectivity index is 1.32. The minimum absolute atomic E-state index is 0.135. The van der Waals surface area contributed by atoms with Crippen molar-refractivity contribution in [1.29, 1.82) is 0 Å². The van der Waals surface area contributed by atoms with Gasteiger partial charge in [0.25, 0.3) is 0 Å². The van der Waals surface area contributed by atoms with Gasteiger partial charge in [0.15, 0.2) is 0 Å². The van der Waals surface area contributed by atoms with Gasteiger partial charge in [-0.1, -0.05) is 12.1 Å². The smallest absolute Gasteiger partial charge is 0.226 e. The molecule has 4 aliphatic carbocycles. The standard InChI is InChI=1S/C24H33FN2O3/c1-29-24(16-27-22(28)23-9-6-17(7-10-23)8-11-23)12-21(24)19-2-4-20(5-3-19)30-15-18(13-25)14-26/h2-5,13,17,21H,6-12,14-16,26H2,1H3,(H,27,28)/b18-13+. The van der Waals surface area contributed by atoms with Gasteiger partial charge in [-0.15, -0.1) is 0 Å². The quantitative estimate of drug-likeness (QED) is 0.642. The molecule has 0 spiro atoms. The van der Waals surface area contributed by atoms with Gasteiger partial charge < -0.3 is 20.5 Å². The molecule has 6 heteroatoms. The fourth-order valence-corrected chi connectivity index (χ4v) is 5.32. The largest absolute Gasteiger partial charge is 0.489 e. The van der Waals surface area contributed by atoms with Gasteiger partial charge in [0, 0.05) is 37.1 Å². The maximum Gasteiger partial charge on any atom is 0.226 e. The molecule has 2 unspecified atom stereocenters. The number of ether oxygens (including phenoxy) is 2. The molecule has 2 bridgehead atoms. The Labute approximate surface area is 178 Å². The van der Waals surface area contributed by atoms with Crippen molar-refractivity contribution in [3.05, 3.63) is 41.7 Å². The van der Waals surface area contributed by atoms with Crippen molar-refractivity contribution in [2.24, 2.45) is 17.1 Å². The third-order valence-corrected chi connectivity index (χ3v) is 7.68. The van der Waals surface area contributed by atoms with Crippen LogP contribution in [0.4, 0.5) is 4.39 Å². The number of halogens is 1. The first-order valence-corrected chi connectivity index (χ1v) is 11.1.